The zero-order valence-electron chi connectivity index (χ0n) is 19.3. The van der Waals surface area contributed by atoms with Crippen LogP contribution < -0.4 is 21.7 Å². The molecule has 11 heteroatoms. The van der Waals surface area contributed by atoms with Gasteiger partial charge in [-0.25, -0.2) is 13.6 Å². The van der Waals surface area contributed by atoms with E-state index in [4.69, 9.17) is 25.9 Å². The van der Waals surface area contributed by atoms with Crippen LogP contribution in [0, 0.1) is 5.41 Å². The molecule has 3 aromatic carbocycles. The molecule has 0 bridgehead atoms. The fraction of sp³-hybridized carbons (Fsp3) is 0.120. The van der Waals surface area contributed by atoms with Crippen molar-refractivity contribution in [3.63, 3.8) is 0 Å². The predicted octanol–water partition coefficient (Wildman–Crippen LogP) is 2.18. The van der Waals surface area contributed by atoms with Crippen LogP contribution in [0.15, 0.2) is 83.3 Å². The lowest BCUT2D eigenvalue weighted by molar-refractivity contribution is -0.114. The van der Waals surface area contributed by atoms with Gasteiger partial charge >= 0.3 is 0 Å². The van der Waals surface area contributed by atoms with E-state index in [0.29, 0.717) is 39.2 Å². The number of hydrogen-bond acceptors (Lipinski definition) is 7. The highest BCUT2D eigenvalue weighted by Crippen LogP contribution is 2.30. The van der Waals surface area contributed by atoms with E-state index in [9.17, 15) is 13.2 Å². The first-order chi connectivity index (χ1) is 17.2. The molecular weight excluding hydrogens is 482 g/mol. The summed E-state index contributed by atoms with van der Waals surface area (Å²) >= 11 is 0. The van der Waals surface area contributed by atoms with Gasteiger partial charge in [0, 0.05) is 29.5 Å². The first kappa shape index (κ1) is 25.1. The highest BCUT2D eigenvalue weighted by atomic mass is 32.2. The molecule has 0 spiro atoms. The Morgan fingerprint density at radius 3 is 2.47 bits per heavy atom. The molecule has 1 unspecified atom stereocenters. The van der Waals surface area contributed by atoms with Crippen LogP contribution >= 0.6 is 0 Å². The lowest BCUT2D eigenvalue weighted by Gasteiger charge is -2.13. The molecule has 1 amide bonds. The Kier molecular flexibility index (Phi) is 7.17. The summed E-state index contributed by atoms with van der Waals surface area (Å²) < 4.78 is 29.1. The van der Waals surface area contributed by atoms with Crippen molar-refractivity contribution in [3.8, 4) is 11.1 Å². The SMILES string of the molecule is COCC1ONC(c2cccc(C(=N)N)c2)=C1C(=O)Nc1ccc(-c2ccccc2S(N)(=O)=O)cc1. The Labute approximate surface area is 208 Å². The van der Waals surface area contributed by atoms with Gasteiger partial charge in [-0.3, -0.25) is 20.5 Å². The molecule has 0 saturated heterocycles. The molecule has 7 N–H and O–H groups in total. The van der Waals surface area contributed by atoms with E-state index in [2.05, 4.69) is 10.8 Å². The standard InChI is InChI=1S/C25H25N5O5S/c1-34-14-20-22(23(30-35-20)16-5-4-6-17(13-16)24(26)27)25(31)29-18-11-9-15(10-12-18)19-7-2-3-8-21(19)36(28,32)33/h2-13,20,30H,14H2,1H3,(H3,26,27)(H,29,31)(H2,28,32,33). The number of nitrogens with two attached hydrogens (primary N) is 2. The van der Waals surface area contributed by atoms with Gasteiger partial charge in [0.15, 0.2) is 0 Å². The van der Waals surface area contributed by atoms with Crippen molar-refractivity contribution in [2.45, 2.75) is 11.0 Å². The largest absolute Gasteiger partial charge is 0.384 e. The van der Waals surface area contributed by atoms with Crippen molar-refractivity contribution in [1.82, 2.24) is 5.48 Å². The molecule has 4 rings (SSSR count). The van der Waals surface area contributed by atoms with E-state index in [0.717, 1.165) is 0 Å². The number of hydrogen-bond donors (Lipinski definition) is 5. The Morgan fingerprint density at radius 2 is 1.81 bits per heavy atom. The highest BCUT2D eigenvalue weighted by molar-refractivity contribution is 7.89. The Hall–Kier alpha value is -4.03. The molecule has 1 heterocycles. The Bertz CT molecular complexity index is 1450. The average Bonchev–Trinajstić information content (AvgIpc) is 3.28. The number of amides is 1. The Balaban J connectivity index is 1.64. The number of carbonyl (C=O) groups is 1. The van der Waals surface area contributed by atoms with Crippen LogP contribution in [0.5, 0.6) is 0 Å². The summed E-state index contributed by atoms with van der Waals surface area (Å²) in [5.41, 5.74) is 11.9. The summed E-state index contributed by atoms with van der Waals surface area (Å²) in [6.45, 7) is 0.134. The van der Waals surface area contributed by atoms with Gasteiger partial charge in [0.1, 0.15) is 11.9 Å². The minimum atomic E-state index is -3.90. The van der Waals surface area contributed by atoms with Gasteiger partial charge in [-0.05, 0) is 29.8 Å². The first-order valence-electron chi connectivity index (χ1n) is 10.8. The molecule has 1 aliphatic heterocycles. The van der Waals surface area contributed by atoms with Crippen molar-refractivity contribution in [3.05, 3.63) is 89.5 Å². The van der Waals surface area contributed by atoms with Crippen molar-refractivity contribution in [1.29, 1.82) is 5.41 Å². The second-order valence-electron chi connectivity index (χ2n) is 8.02. The summed E-state index contributed by atoms with van der Waals surface area (Å²) in [5, 5.41) is 15.9. The van der Waals surface area contributed by atoms with Gasteiger partial charge in [0.05, 0.1) is 22.8 Å². The smallest absolute Gasteiger partial charge is 0.256 e. The fourth-order valence-corrected chi connectivity index (χ4v) is 4.64. The molecule has 3 aromatic rings. The minimum absolute atomic E-state index is 0.0148. The van der Waals surface area contributed by atoms with E-state index in [1.807, 2.05) is 0 Å². The van der Waals surface area contributed by atoms with Crippen molar-refractivity contribution in [2.75, 3.05) is 19.0 Å². The number of rotatable bonds is 8. The fourth-order valence-electron chi connectivity index (χ4n) is 3.87. The van der Waals surface area contributed by atoms with Crippen LogP contribution in [0.4, 0.5) is 5.69 Å². The average molecular weight is 508 g/mol. The second kappa shape index (κ2) is 10.3. The number of benzene rings is 3. The number of amidine groups is 1. The lowest BCUT2D eigenvalue weighted by Crippen LogP contribution is -2.26. The maximum Gasteiger partial charge on any atom is 0.256 e. The number of carbonyl (C=O) groups excluding carboxylic acids is 1. The highest BCUT2D eigenvalue weighted by Gasteiger charge is 2.33. The molecule has 0 radical (unpaired) electrons. The van der Waals surface area contributed by atoms with E-state index in [1.54, 1.807) is 66.7 Å². The third-order valence-corrected chi connectivity index (χ3v) is 6.54. The summed E-state index contributed by atoms with van der Waals surface area (Å²) in [6, 6.07) is 20.0. The maximum atomic E-state index is 13.3. The van der Waals surface area contributed by atoms with Crippen LogP contribution in [0.2, 0.25) is 0 Å². The van der Waals surface area contributed by atoms with Gasteiger partial charge in [-0.15, -0.1) is 0 Å². The minimum Gasteiger partial charge on any atom is -0.384 e. The molecule has 10 nitrogen and oxygen atoms in total. The number of primary sulfonamides is 1. The lowest BCUT2D eigenvalue weighted by atomic mass is 10.0. The molecular formula is C25H25N5O5S. The van der Waals surface area contributed by atoms with Gasteiger partial charge in [0.2, 0.25) is 10.0 Å². The summed E-state index contributed by atoms with van der Waals surface area (Å²) in [7, 11) is -2.40. The number of ether oxygens (including phenoxy) is 1. The molecule has 0 fully saturated rings. The molecule has 36 heavy (non-hydrogen) atoms. The van der Waals surface area contributed by atoms with Crippen molar-refractivity contribution < 1.29 is 22.8 Å². The Morgan fingerprint density at radius 1 is 1.08 bits per heavy atom. The van der Waals surface area contributed by atoms with Crippen LogP contribution in [-0.2, 0) is 24.4 Å². The summed E-state index contributed by atoms with van der Waals surface area (Å²) in [4.78, 5) is 18.9. The molecule has 0 aliphatic carbocycles. The van der Waals surface area contributed by atoms with Crippen LogP contribution in [0.1, 0.15) is 11.1 Å². The monoisotopic (exact) mass is 507 g/mol. The zero-order valence-corrected chi connectivity index (χ0v) is 20.1. The van der Waals surface area contributed by atoms with Crippen LogP contribution in [-0.4, -0.2) is 40.0 Å². The normalized spacial score (nSPS) is 15.4. The van der Waals surface area contributed by atoms with Crippen LogP contribution in [0.25, 0.3) is 16.8 Å². The number of hydroxylamine groups is 1. The maximum absolute atomic E-state index is 13.3. The van der Waals surface area contributed by atoms with Crippen molar-refractivity contribution >= 4 is 33.2 Å². The molecule has 0 aromatic heterocycles. The molecule has 186 valence electrons. The van der Waals surface area contributed by atoms with Gasteiger partial charge < -0.3 is 15.8 Å². The topological polar surface area (TPSA) is 170 Å². The number of anilines is 1. The van der Waals surface area contributed by atoms with Gasteiger partial charge in [-0.1, -0.05) is 48.5 Å². The van der Waals surface area contributed by atoms with E-state index in [1.165, 1.54) is 13.2 Å². The molecule has 0 saturated carbocycles. The third kappa shape index (κ3) is 5.29. The van der Waals surface area contributed by atoms with E-state index >= 15 is 0 Å². The number of sulfonamides is 1. The first-order valence-corrected chi connectivity index (χ1v) is 12.4. The van der Waals surface area contributed by atoms with E-state index in [-0.39, 0.29) is 17.3 Å². The third-order valence-electron chi connectivity index (χ3n) is 5.57. The van der Waals surface area contributed by atoms with Crippen LogP contribution in [0.3, 0.4) is 0 Å². The zero-order chi connectivity index (χ0) is 25.9. The van der Waals surface area contributed by atoms with Gasteiger partial charge in [-0.2, -0.15) is 0 Å². The van der Waals surface area contributed by atoms with Gasteiger partial charge in [0.25, 0.3) is 5.91 Å². The van der Waals surface area contributed by atoms with E-state index < -0.39 is 22.0 Å². The summed E-state index contributed by atoms with van der Waals surface area (Å²) in [6.07, 6.45) is -0.674. The predicted molar refractivity (Wildman–Crippen MR) is 136 cm³/mol. The molecule has 1 atom stereocenters. The number of nitrogen functional groups attached to an aromatic ring is 1. The quantitative estimate of drug-likeness (QED) is 0.230. The number of methoxy groups -OCH3 is 1. The summed E-state index contributed by atoms with van der Waals surface area (Å²) in [5.74, 6) is -0.511. The number of nitrogens with one attached hydrogen (secondary N) is 3. The second-order valence-corrected chi connectivity index (χ2v) is 9.55. The van der Waals surface area contributed by atoms with Crippen molar-refractivity contribution in [2.24, 2.45) is 10.9 Å². The molecule has 1 aliphatic rings.